The van der Waals surface area contributed by atoms with Gasteiger partial charge in [-0.3, -0.25) is 14.5 Å². The van der Waals surface area contributed by atoms with Crippen LogP contribution in [0, 0.1) is 11.3 Å². The van der Waals surface area contributed by atoms with Crippen molar-refractivity contribution in [1.29, 1.82) is 5.26 Å². The number of aromatic hydroxyl groups is 1. The van der Waals surface area contributed by atoms with E-state index in [1.54, 1.807) is 28.0 Å². The van der Waals surface area contributed by atoms with Crippen LogP contribution in [0.1, 0.15) is 18.9 Å². The lowest BCUT2D eigenvalue weighted by Gasteiger charge is -2.14. The summed E-state index contributed by atoms with van der Waals surface area (Å²) in [5.41, 5.74) is 0.467. The summed E-state index contributed by atoms with van der Waals surface area (Å²) in [5.74, 6) is 0.0592. The molecule has 0 saturated carbocycles. The molecule has 0 radical (unpaired) electrons. The Hall–Kier alpha value is -3.74. The molecule has 27 heavy (non-hydrogen) atoms. The monoisotopic (exact) mass is 365 g/mol. The van der Waals surface area contributed by atoms with E-state index in [9.17, 15) is 9.90 Å². The summed E-state index contributed by atoms with van der Waals surface area (Å²) in [4.78, 5) is 25.6. The zero-order valence-corrected chi connectivity index (χ0v) is 14.2. The fraction of sp³-hybridized carbons (Fsp3) is 0.294. The molecule has 3 aromatic heterocycles. The molecular weight excluding hydrogens is 350 g/mol. The third-order valence-corrected chi connectivity index (χ3v) is 4.37. The first kappa shape index (κ1) is 16.7. The van der Waals surface area contributed by atoms with Gasteiger partial charge in [-0.05, 0) is 12.5 Å². The van der Waals surface area contributed by atoms with Crippen LogP contribution in [0.5, 0.6) is 17.6 Å². The normalized spacial score (nSPS) is 16.4. The number of carbonyl (C=O) groups excluding carboxylic acids is 1. The maximum Gasteiger partial charge on any atom is 0.326 e. The van der Waals surface area contributed by atoms with Crippen LogP contribution in [0.25, 0.3) is 10.9 Å². The van der Waals surface area contributed by atoms with E-state index in [1.165, 1.54) is 12.4 Å². The van der Waals surface area contributed by atoms with E-state index in [4.69, 9.17) is 10.00 Å². The van der Waals surface area contributed by atoms with Crippen LogP contribution in [0.4, 0.5) is 0 Å². The highest BCUT2D eigenvalue weighted by Crippen LogP contribution is 2.27. The maximum absolute atomic E-state index is 11.8. The number of hydrogen-bond acceptors (Lipinski definition) is 8. The Morgan fingerprint density at radius 1 is 1.41 bits per heavy atom. The van der Waals surface area contributed by atoms with Crippen molar-refractivity contribution in [2.45, 2.75) is 18.9 Å². The van der Waals surface area contributed by atoms with Crippen molar-refractivity contribution in [3.63, 3.8) is 0 Å². The zero-order chi connectivity index (χ0) is 18.8. The van der Waals surface area contributed by atoms with Crippen molar-refractivity contribution in [2.75, 3.05) is 13.1 Å². The first-order valence-electron chi connectivity index (χ1n) is 8.31. The standard InChI is InChI=1S/C17H15N7O3/c18-4-1-15(25)23-6-3-11(9-23)24-10-12(7-20-24)27-17-21-14-8-19-5-2-13(14)16(26)22-17/h2,5,7-8,10-11H,1,3,6,9H2,(H,21,22,26)/t11-/m0/s1. The van der Waals surface area contributed by atoms with Crippen LogP contribution in [0.3, 0.4) is 0 Å². The van der Waals surface area contributed by atoms with Gasteiger partial charge in [-0.2, -0.15) is 20.3 Å². The molecule has 1 fully saturated rings. The third kappa shape index (κ3) is 3.35. The summed E-state index contributed by atoms with van der Waals surface area (Å²) < 4.78 is 7.32. The number of likely N-dealkylation sites (tertiary alicyclic amines) is 1. The zero-order valence-electron chi connectivity index (χ0n) is 14.2. The molecule has 1 N–H and O–H groups in total. The van der Waals surface area contributed by atoms with E-state index < -0.39 is 0 Å². The van der Waals surface area contributed by atoms with Crippen molar-refractivity contribution in [1.82, 2.24) is 29.6 Å². The fourth-order valence-electron chi connectivity index (χ4n) is 3.03. The summed E-state index contributed by atoms with van der Waals surface area (Å²) in [6.45, 7) is 1.09. The number of ether oxygens (including phenoxy) is 1. The highest BCUT2D eigenvalue weighted by atomic mass is 16.5. The molecule has 1 amide bonds. The van der Waals surface area contributed by atoms with Crippen molar-refractivity contribution in [2.24, 2.45) is 0 Å². The summed E-state index contributed by atoms with van der Waals surface area (Å²) in [6, 6.07) is 3.50. The van der Waals surface area contributed by atoms with E-state index >= 15 is 0 Å². The van der Waals surface area contributed by atoms with Crippen LogP contribution in [-0.4, -0.2) is 53.7 Å². The minimum atomic E-state index is -0.188. The van der Waals surface area contributed by atoms with Crippen LogP contribution >= 0.6 is 0 Å². The molecule has 1 atom stereocenters. The number of carbonyl (C=O) groups is 1. The number of nitrogens with zero attached hydrogens (tertiary/aromatic N) is 7. The van der Waals surface area contributed by atoms with Crippen LogP contribution in [0.15, 0.2) is 30.9 Å². The molecule has 0 aromatic carbocycles. The number of fused-ring (bicyclic) bond motifs is 1. The lowest BCUT2D eigenvalue weighted by molar-refractivity contribution is -0.129. The number of aromatic nitrogens is 5. The summed E-state index contributed by atoms with van der Waals surface area (Å²) >= 11 is 0. The quantitative estimate of drug-likeness (QED) is 0.734. The molecule has 3 aromatic rings. The topological polar surface area (TPSA) is 130 Å². The van der Waals surface area contributed by atoms with Gasteiger partial charge in [0.2, 0.25) is 11.8 Å². The maximum atomic E-state index is 11.8. The Morgan fingerprint density at radius 3 is 3.15 bits per heavy atom. The predicted octanol–water partition coefficient (Wildman–Crippen LogP) is 1.41. The molecule has 4 rings (SSSR count). The summed E-state index contributed by atoms with van der Waals surface area (Å²) in [7, 11) is 0. The Kier molecular flexibility index (Phi) is 4.25. The molecule has 0 aliphatic carbocycles. The first-order valence-corrected chi connectivity index (χ1v) is 8.31. The Morgan fingerprint density at radius 2 is 2.30 bits per heavy atom. The average molecular weight is 365 g/mol. The molecular formula is C17H15N7O3. The molecule has 136 valence electrons. The molecule has 0 bridgehead atoms. The van der Waals surface area contributed by atoms with Crippen LogP contribution in [-0.2, 0) is 4.79 Å². The highest BCUT2D eigenvalue weighted by Gasteiger charge is 2.27. The van der Waals surface area contributed by atoms with Crippen molar-refractivity contribution in [3.05, 3.63) is 30.9 Å². The minimum Gasteiger partial charge on any atom is -0.493 e. The van der Waals surface area contributed by atoms with E-state index in [0.29, 0.717) is 29.7 Å². The molecule has 10 nitrogen and oxygen atoms in total. The highest BCUT2D eigenvalue weighted by molar-refractivity contribution is 5.82. The van der Waals surface area contributed by atoms with E-state index in [2.05, 4.69) is 20.1 Å². The van der Waals surface area contributed by atoms with Crippen molar-refractivity contribution in [3.8, 4) is 23.7 Å². The van der Waals surface area contributed by atoms with Crippen LogP contribution < -0.4 is 4.74 Å². The van der Waals surface area contributed by atoms with Crippen LogP contribution in [0.2, 0.25) is 0 Å². The van der Waals surface area contributed by atoms with Crippen molar-refractivity contribution >= 4 is 16.8 Å². The second-order valence-electron chi connectivity index (χ2n) is 6.10. The summed E-state index contributed by atoms with van der Waals surface area (Å²) in [6.07, 6.45) is 6.90. The Labute approximate surface area is 153 Å². The largest absolute Gasteiger partial charge is 0.493 e. The van der Waals surface area contributed by atoms with Gasteiger partial charge in [0.1, 0.15) is 6.42 Å². The molecule has 4 heterocycles. The van der Waals surface area contributed by atoms with E-state index in [1.807, 2.05) is 6.07 Å². The second-order valence-corrected chi connectivity index (χ2v) is 6.10. The molecule has 0 spiro atoms. The number of nitriles is 1. The predicted molar refractivity (Wildman–Crippen MR) is 91.8 cm³/mol. The van der Waals surface area contributed by atoms with Gasteiger partial charge in [-0.1, -0.05) is 0 Å². The third-order valence-electron chi connectivity index (χ3n) is 4.37. The first-order chi connectivity index (χ1) is 13.1. The molecule has 1 aliphatic rings. The molecule has 0 unspecified atom stereocenters. The van der Waals surface area contributed by atoms with Gasteiger partial charge in [-0.25, -0.2) is 0 Å². The molecule has 1 saturated heterocycles. The van der Waals surface area contributed by atoms with Gasteiger partial charge in [0.15, 0.2) is 5.75 Å². The molecule has 1 aliphatic heterocycles. The number of amides is 1. The SMILES string of the molecule is N#CCC(=O)N1CC[C@H](n2cc(Oc3nc(O)c4ccncc4n3)cn2)C1. The van der Waals surface area contributed by atoms with Gasteiger partial charge >= 0.3 is 6.01 Å². The lowest BCUT2D eigenvalue weighted by Crippen LogP contribution is -2.28. The number of pyridine rings is 1. The number of rotatable bonds is 4. The minimum absolute atomic E-state index is 0.00945. The van der Waals surface area contributed by atoms with Gasteiger partial charge in [0.25, 0.3) is 0 Å². The lowest BCUT2D eigenvalue weighted by atomic mass is 10.3. The fourth-order valence-corrected chi connectivity index (χ4v) is 3.03. The van der Waals surface area contributed by atoms with Gasteiger partial charge in [0, 0.05) is 19.3 Å². The second kappa shape index (κ2) is 6.87. The summed E-state index contributed by atoms with van der Waals surface area (Å²) in [5, 5.41) is 23.4. The average Bonchev–Trinajstić information content (AvgIpc) is 3.31. The van der Waals surface area contributed by atoms with E-state index in [0.717, 1.165) is 6.42 Å². The Bertz CT molecular complexity index is 1040. The van der Waals surface area contributed by atoms with Gasteiger partial charge in [0.05, 0.1) is 41.6 Å². The van der Waals surface area contributed by atoms with Crippen molar-refractivity contribution < 1.29 is 14.6 Å². The smallest absolute Gasteiger partial charge is 0.326 e. The van der Waals surface area contributed by atoms with E-state index in [-0.39, 0.29) is 30.3 Å². The Balaban J connectivity index is 1.48. The number of hydrogen-bond donors (Lipinski definition) is 1. The van der Waals surface area contributed by atoms with Gasteiger partial charge < -0.3 is 14.7 Å². The van der Waals surface area contributed by atoms with Gasteiger partial charge in [-0.15, -0.1) is 0 Å². The molecule has 10 heteroatoms.